The van der Waals surface area contributed by atoms with Crippen molar-refractivity contribution >= 4 is 11.0 Å². The van der Waals surface area contributed by atoms with Crippen molar-refractivity contribution in [3.63, 3.8) is 0 Å². The maximum absolute atomic E-state index is 5.90. The number of methoxy groups -OCH3 is 1. The van der Waals surface area contributed by atoms with Crippen molar-refractivity contribution in [1.82, 2.24) is 5.32 Å². The van der Waals surface area contributed by atoms with Gasteiger partial charge in [-0.25, -0.2) is 0 Å². The second kappa shape index (κ2) is 4.08. The number of fused-ring (bicyclic) bond motifs is 1. The van der Waals surface area contributed by atoms with Crippen LogP contribution >= 0.6 is 0 Å². The number of furan rings is 1. The van der Waals surface area contributed by atoms with Gasteiger partial charge in [-0.3, -0.25) is 0 Å². The predicted molar refractivity (Wildman–Crippen MR) is 67.3 cm³/mol. The van der Waals surface area contributed by atoms with Gasteiger partial charge in [-0.05, 0) is 50.1 Å². The van der Waals surface area contributed by atoms with Crippen LogP contribution in [0.25, 0.3) is 11.0 Å². The van der Waals surface area contributed by atoms with E-state index in [1.165, 1.54) is 12.8 Å². The Bertz CT molecular complexity index is 528. The van der Waals surface area contributed by atoms with E-state index in [0.717, 1.165) is 28.4 Å². The minimum atomic E-state index is 0.355. The maximum Gasteiger partial charge on any atom is 0.134 e. The topological polar surface area (TPSA) is 34.4 Å². The summed E-state index contributed by atoms with van der Waals surface area (Å²) in [6.07, 6.45) is 2.59. The highest BCUT2D eigenvalue weighted by Crippen LogP contribution is 2.42. The molecule has 1 aromatic carbocycles. The van der Waals surface area contributed by atoms with Crippen molar-refractivity contribution in [3.8, 4) is 5.75 Å². The van der Waals surface area contributed by atoms with Crippen LogP contribution < -0.4 is 10.1 Å². The van der Waals surface area contributed by atoms with Crippen LogP contribution in [0.1, 0.15) is 24.6 Å². The van der Waals surface area contributed by atoms with Gasteiger partial charge < -0.3 is 14.5 Å². The van der Waals surface area contributed by atoms with Crippen molar-refractivity contribution in [3.05, 3.63) is 30.0 Å². The summed E-state index contributed by atoms with van der Waals surface area (Å²) >= 11 is 0. The summed E-state index contributed by atoms with van der Waals surface area (Å²) in [5, 5.41) is 4.46. The molecule has 1 aliphatic rings. The minimum Gasteiger partial charge on any atom is -0.497 e. The van der Waals surface area contributed by atoms with Crippen LogP contribution in [0, 0.1) is 5.92 Å². The third-order valence-electron chi connectivity index (χ3n) is 3.45. The van der Waals surface area contributed by atoms with Crippen LogP contribution in [0.5, 0.6) is 5.75 Å². The van der Waals surface area contributed by atoms with Crippen molar-refractivity contribution in [2.24, 2.45) is 5.92 Å². The van der Waals surface area contributed by atoms with E-state index in [4.69, 9.17) is 9.15 Å². The summed E-state index contributed by atoms with van der Waals surface area (Å²) in [4.78, 5) is 0. The first-order valence-corrected chi connectivity index (χ1v) is 6.06. The summed E-state index contributed by atoms with van der Waals surface area (Å²) in [7, 11) is 3.68. The summed E-state index contributed by atoms with van der Waals surface area (Å²) in [5.41, 5.74) is 0.932. The molecule has 0 bridgehead atoms. The van der Waals surface area contributed by atoms with Crippen molar-refractivity contribution in [1.29, 1.82) is 0 Å². The molecule has 2 aromatic rings. The van der Waals surface area contributed by atoms with Crippen LogP contribution in [0.15, 0.2) is 28.7 Å². The van der Waals surface area contributed by atoms with Gasteiger partial charge in [0.15, 0.2) is 0 Å². The molecule has 1 saturated carbocycles. The predicted octanol–water partition coefficient (Wildman–Crippen LogP) is 3.11. The Hall–Kier alpha value is -1.48. The van der Waals surface area contributed by atoms with Crippen molar-refractivity contribution < 1.29 is 9.15 Å². The first-order valence-electron chi connectivity index (χ1n) is 6.06. The SMILES string of the molecule is CNC(c1cc2cc(OC)ccc2o1)C1CC1. The molecule has 0 amide bonds. The monoisotopic (exact) mass is 231 g/mol. The molecule has 1 fully saturated rings. The molecule has 0 radical (unpaired) electrons. The minimum absolute atomic E-state index is 0.355. The van der Waals surface area contributed by atoms with E-state index in [-0.39, 0.29) is 0 Å². The molecule has 1 atom stereocenters. The normalized spacial score (nSPS) is 17.3. The fourth-order valence-electron chi connectivity index (χ4n) is 2.36. The molecular weight excluding hydrogens is 214 g/mol. The van der Waals surface area contributed by atoms with Gasteiger partial charge in [-0.1, -0.05) is 0 Å². The van der Waals surface area contributed by atoms with Gasteiger partial charge in [0.25, 0.3) is 0 Å². The average molecular weight is 231 g/mol. The van der Waals surface area contributed by atoms with Gasteiger partial charge in [-0.15, -0.1) is 0 Å². The number of benzene rings is 1. The zero-order chi connectivity index (χ0) is 11.8. The molecule has 3 heteroatoms. The third kappa shape index (κ3) is 1.91. The van der Waals surface area contributed by atoms with Crippen molar-refractivity contribution in [2.75, 3.05) is 14.2 Å². The quantitative estimate of drug-likeness (QED) is 0.878. The second-order valence-electron chi connectivity index (χ2n) is 4.66. The van der Waals surface area contributed by atoms with Crippen LogP contribution in [-0.4, -0.2) is 14.2 Å². The molecule has 1 N–H and O–H groups in total. The lowest BCUT2D eigenvalue weighted by Gasteiger charge is -2.11. The summed E-state index contributed by atoms with van der Waals surface area (Å²) < 4.78 is 11.1. The van der Waals surface area contributed by atoms with Crippen LogP contribution in [0.3, 0.4) is 0 Å². The smallest absolute Gasteiger partial charge is 0.134 e. The Kier molecular flexibility index (Phi) is 2.56. The Balaban J connectivity index is 2.00. The van der Waals surface area contributed by atoms with Gasteiger partial charge in [0.2, 0.25) is 0 Å². The highest BCUT2D eigenvalue weighted by atomic mass is 16.5. The highest BCUT2D eigenvalue weighted by molar-refractivity contribution is 5.79. The standard InChI is InChI=1S/C14H17NO2/c1-15-14(9-3-4-9)13-8-10-7-11(16-2)5-6-12(10)17-13/h5-9,14-15H,3-4H2,1-2H3. The molecule has 90 valence electrons. The van der Waals surface area contributed by atoms with Crippen molar-refractivity contribution in [2.45, 2.75) is 18.9 Å². The summed E-state index contributed by atoms with van der Waals surface area (Å²) in [5.74, 6) is 2.65. The molecule has 17 heavy (non-hydrogen) atoms. The number of ether oxygens (including phenoxy) is 1. The Morgan fingerprint density at radius 2 is 2.18 bits per heavy atom. The number of nitrogens with one attached hydrogen (secondary N) is 1. The van der Waals surface area contributed by atoms with E-state index in [2.05, 4.69) is 11.4 Å². The molecular formula is C14H17NO2. The molecule has 0 spiro atoms. The lowest BCUT2D eigenvalue weighted by atomic mass is 10.1. The fraction of sp³-hybridized carbons (Fsp3) is 0.429. The molecule has 3 rings (SSSR count). The first kappa shape index (κ1) is 10.7. The summed E-state index contributed by atoms with van der Waals surface area (Å²) in [6, 6.07) is 8.39. The fourth-order valence-corrected chi connectivity index (χ4v) is 2.36. The van der Waals surface area contributed by atoms with Gasteiger partial charge in [0.05, 0.1) is 13.2 Å². The molecule has 1 aromatic heterocycles. The molecule has 1 heterocycles. The van der Waals surface area contributed by atoms with E-state index in [1.54, 1.807) is 7.11 Å². The lowest BCUT2D eigenvalue weighted by Crippen LogP contribution is -2.17. The van der Waals surface area contributed by atoms with Crippen LogP contribution in [0.2, 0.25) is 0 Å². The molecule has 1 unspecified atom stereocenters. The van der Waals surface area contributed by atoms with E-state index < -0.39 is 0 Å². The second-order valence-corrected chi connectivity index (χ2v) is 4.66. The van der Waals surface area contributed by atoms with Gasteiger partial charge in [0.1, 0.15) is 17.1 Å². The van der Waals surface area contributed by atoms with Gasteiger partial charge in [-0.2, -0.15) is 0 Å². The van der Waals surface area contributed by atoms with Crippen LogP contribution in [0.4, 0.5) is 0 Å². The number of hydrogen-bond acceptors (Lipinski definition) is 3. The van der Waals surface area contributed by atoms with Gasteiger partial charge in [0, 0.05) is 5.39 Å². The zero-order valence-electron chi connectivity index (χ0n) is 10.2. The molecule has 0 aliphatic heterocycles. The van der Waals surface area contributed by atoms with E-state index in [1.807, 2.05) is 25.2 Å². The zero-order valence-corrected chi connectivity index (χ0v) is 10.2. The summed E-state index contributed by atoms with van der Waals surface area (Å²) in [6.45, 7) is 0. The molecule has 0 saturated heterocycles. The van der Waals surface area contributed by atoms with Gasteiger partial charge >= 0.3 is 0 Å². The Labute approximate surface area is 101 Å². The van der Waals surface area contributed by atoms with Crippen LogP contribution in [-0.2, 0) is 0 Å². The average Bonchev–Trinajstić information content (AvgIpc) is 3.09. The Morgan fingerprint density at radius 3 is 2.82 bits per heavy atom. The first-order chi connectivity index (χ1) is 8.31. The van der Waals surface area contributed by atoms with E-state index in [9.17, 15) is 0 Å². The lowest BCUT2D eigenvalue weighted by molar-refractivity contribution is 0.413. The van der Waals surface area contributed by atoms with E-state index in [0.29, 0.717) is 6.04 Å². The maximum atomic E-state index is 5.90. The molecule has 1 aliphatic carbocycles. The third-order valence-corrected chi connectivity index (χ3v) is 3.45. The number of rotatable bonds is 4. The Morgan fingerprint density at radius 1 is 1.35 bits per heavy atom. The van der Waals surface area contributed by atoms with E-state index >= 15 is 0 Å². The number of hydrogen-bond donors (Lipinski definition) is 1. The largest absolute Gasteiger partial charge is 0.497 e. The highest BCUT2D eigenvalue weighted by Gasteiger charge is 2.33. The molecule has 3 nitrogen and oxygen atoms in total.